The number of hydrogen-bond donors (Lipinski definition) is 1. The van der Waals surface area contributed by atoms with E-state index in [0.29, 0.717) is 19.5 Å². The van der Waals surface area contributed by atoms with Crippen LogP contribution in [0.4, 0.5) is 4.79 Å². The van der Waals surface area contributed by atoms with E-state index >= 15 is 0 Å². The van der Waals surface area contributed by atoms with E-state index in [4.69, 9.17) is 4.74 Å². The molecule has 1 saturated heterocycles. The van der Waals surface area contributed by atoms with Gasteiger partial charge in [0, 0.05) is 38.6 Å². The Morgan fingerprint density at radius 3 is 2.64 bits per heavy atom. The molecular formula is C23H36N4O5S. The molecule has 1 saturated carbocycles. The third-order valence-electron chi connectivity index (χ3n) is 6.44. The zero-order chi connectivity index (χ0) is 24.4. The Balaban J connectivity index is 1.67. The maximum Gasteiger partial charge on any atom is 0.410 e. The van der Waals surface area contributed by atoms with Crippen LogP contribution in [0.2, 0.25) is 0 Å². The van der Waals surface area contributed by atoms with Crippen LogP contribution in [0.5, 0.6) is 0 Å². The van der Waals surface area contributed by atoms with Gasteiger partial charge in [0.25, 0.3) is 0 Å². The van der Waals surface area contributed by atoms with Crippen molar-refractivity contribution in [3.63, 3.8) is 0 Å². The lowest BCUT2D eigenvalue weighted by molar-refractivity contribution is -0.127. The number of ether oxygens (including phenoxy) is 1. The predicted molar refractivity (Wildman–Crippen MR) is 124 cm³/mol. The molecule has 3 rings (SSSR count). The molecule has 33 heavy (non-hydrogen) atoms. The first-order valence-electron chi connectivity index (χ1n) is 11.6. The SMILES string of the molecule is CCC[C@@H](C(=O)N[C@H]1CC[C@@H]2CN(S(=O)(=O)c3cccnc3)C[C@@H]21)N(C)C(=O)OC(C)(C)C. The van der Waals surface area contributed by atoms with Gasteiger partial charge in [0.1, 0.15) is 16.5 Å². The smallest absolute Gasteiger partial charge is 0.410 e. The van der Waals surface area contributed by atoms with Crippen LogP contribution in [0.1, 0.15) is 53.4 Å². The molecule has 1 aromatic heterocycles. The highest BCUT2D eigenvalue weighted by Crippen LogP contribution is 2.40. The summed E-state index contributed by atoms with van der Waals surface area (Å²) in [7, 11) is -2.02. The molecule has 1 aromatic rings. The van der Waals surface area contributed by atoms with Crippen LogP contribution >= 0.6 is 0 Å². The number of nitrogens with one attached hydrogen (secondary N) is 1. The Bertz CT molecular complexity index is 947. The van der Waals surface area contributed by atoms with Crippen molar-refractivity contribution in [2.24, 2.45) is 11.8 Å². The zero-order valence-corrected chi connectivity index (χ0v) is 21.0. The Morgan fingerprint density at radius 2 is 2.03 bits per heavy atom. The van der Waals surface area contributed by atoms with Crippen LogP contribution in [0.25, 0.3) is 0 Å². The molecule has 0 aromatic carbocycles. The summed E-state index contributed by atoms with van der Waals surface area (Å²) in [6.07, 6.45) is 5.29. The van der Waals surface area contributed by atoms with Gasteiger partial charge >= 0.3 is 6.09 Å². The van der Waals surface area contributed by atoms with Crippen molar-refractivity contribution < 1.29 is 22.7 Å². The molecule has 0 radical (unpaired) electrons. The highest BCUT2D eigenvalue weighted by atomic mass is 32.2. The zero-order valence-electron chi connectivity index (χ0n) is 20.2. The van der Waals surface area contributed by atoms with E-state index in [1.165, 1.54) is 15.4 Å². The fourth-order valence-corrected chi connectivity index (χ4v) is 6.26. The number of hydrogen-bond acceptors (Lipinski definition) is 6. The number of nitrogens with zero attached hydrogens (tertiary/aromatic N) is 3. The van der Waals surface area contributed by atoms with Crippen molar-refractivity contribution in [2.45, 2.75) is 76.0 Å². The number of amides is 2. The van der Waals surface area contributed by atoms with Gasteiger partial charge < -0.3 is 10.1 Å². The van der Waals surface area contributed by atoms with Crippen LogP contribution in [0.3, 0.4) is 0 Å². The van der Waals surface area contributed by atoms with Gasteiger partial charge in [-0.1, -0.05) is 13.3 Å². The summed E-state index contributed by atoms with van der Waals surface area (Å²) < 4.78 is 33.0. The molecule has 1 aliphatic heterocycles. The summed E-state index contributed by atoms with van der Waals surface area (Å²) >= 11 is 0. The largest absolute Gasteiger partial charge is 0.444 e. The third-order valence-corrected chi connectivity index (χ3v) is 8.25. The molecule has 1 aliphatic carbocycles. The number of pyridine rings is 1. The van der Waals surface area contributed by atoms with E-state index in [2.05, 4.69) is 10.3 Å². The van der Waals surface area contributed by atoms with Crippen molar-refractivity contribution >= 4 is 22.0 Å². The standard InChI is InChI=1S/C23H36N4O5S/c1-6-8-20(26(5)22(29)32-23(2,3)4)21(28)25-19-11-10-16-14-27(15-18(16)19)33(30,31)17-9-7-12-24-13-17/h7,9,12-13,16,18-20H,6,8,10-11,14-15H2,1-5H3,(H,25,28)/t16-,18+,19+,20+/m1/s1. The summed E-state index contributed by atoms with van der Waals surface area (Å²) in [6.45, 7) is 8.15. The maximum absolute atomic E-state index is 13.2. The van der Waals surface area contributed by atoms with Gasteiger partial charge in [-0.05, 0) is 64.0 Å². The number of likely N-dealkylation sites (N-methyl/N-ethyl adjacent to an activating group) is 1. The van der Waals surface area contributed by atoms with Crippen molar-refractivity contribution in [2.75, 3.05) is 20.1 Å². The second kappa shape index (κ2) is 9.97. The number of aromatic nitrogens is 1. The molecule has 0 unspecified atom stereocenters. The Labute approximate surface area is 196 Å². The fraction of sp³-hybridized carbons (Fsp3) is 0.696. The highest BCUT2D eigenvalue weighted by Gasteiger charge is 2.47. The molecule has 2 fully saturated rings. The van der Waals surface area contributed by atoms with E-state index in [1.807, 2.05) is 6.92 Å². The average molecular weight is 481 g/mol. The Morgan fingerprint density at radius 1 is 1.30 bits per heavy atom. The van der Waals surface area contributed by atoms with Crippen molar-refractivity contribution in [3.8, 4) is 0 Å². The topological polar surface area (TPSA) is 109 Å². The van der Waals surface area contributed by atoms with Crippen LogP contribution in [-0.4, -0.2) is 72.4 Å². The summed E-state index contributed by atoms with van der Waals surface area (Å²) in [4.78, 5) is 31.2. The van der Waals surface area contributed by atoms with E-state index in [1.54, 1.807) is 46.1 Å². The van der Waals surface area contributed by atoms with Crippen LogP contribution in [0, 0.1) is 11.8 Å². The minimum Gasteiger partial charge on any atom is -0.444 e. The average Bonchev–Trinajstić information content (AvgIpc) is 3.33. The molecule has 10 heteroatoms. The molecule has 2 heterocycles. The molecule has 0 bridgehead atoms. The van der Waals surface area contributed by atoms with E-state index in [0.717, 1.165) is 19.3 Å². The molecule has 184 valence electrons. The molecule has 0 spiro atoms. The van der Waals surface area contributed by atoms with Gasteiger partial charge in [0.05, 0.1) is 0 Å². The number of carbonyl (C=O) groups excluding carboxylic acids is 2. The number of carbonyl (C=O) groups is 2. The molecule has 2 aliphatic rings. The second-order valence-electron chi connectivity index (χ2n) is 10.0. The van der Waals surface area contributed by atoms with E-state index < -0.39 is 27.8 Å². The van der Waals surface area contributed by atoms with Crippen LogP contribution < -0.4 is 5.32 Å². The first kappa shape index (κ1) is 25.4. The molecule has 9 nitrogen and oxygen atoms in total. The second-order valence-corrected chi connectivity index (χ2v) is 12.0. The normalized spacial score (nSPS) is 24.2. The number of rotatable bonds is 7. The molecular weight excluding hydrogens is 444 g/mol. The van der Waals surface area contributed by atoms with Gasteiger partial charge in [-0.2, -0.15) is 4.31 Å². The lowest BCUT2D eigenvalue weighted by Crippen LogP contribution is -2.52. The van der Waals surface area contributed by atoms with Crippen molar-refractivity contribution in [1.82, 2.24) is 19.5 Å². The molecule has 1 N–H and O–H groups in total. The van der Waals surface area contributed by atoms with Crippen LogP contribution in [0.15, 0.2) is 29.4 Å². The summed E-state index contributed by atoms with van der Waals surface area (Å²) in [5.41, 5.74) is -0.648. The Hall–Kier alpha value is -2.20. The number of fused-ring (bicyclic) bond motifs is 1. The lowest BCUT2D eigenvalue weighted by Gasteiger charge is -2.31. The molecule has 4 atom stereocenters. The predicted octanol–water partition coefficient (Wildman–Crippen LogP) is 2.63. The van der Waals surface area contributed by atoms with Crippen molar-refractivity contribution in [1.29, 1.82) is 0 Å². The van der Waals surface area contributed by atoms with Crippen LogP contribution in [-0.2, 0) is 19.6 Å². The fourth-order valence-electron chi connectivity index (χ4n) is 4.76. The maximum atomic E-state index is 13.2. The van der Waals surface area contributed by atoms with E-state index in [9.17, 15) is 18.0 Å². The Kier molecular flexibility index (Phi) is 7.68. The van der Waals surface area contributed by atoms with Gasteiger partial charge in [0.2, 0.25) is 15.9 Å². The summed E-state index contributed by atoms with van der Waals surface area (Å²) in [5.74, 6) is 0.0360. The van der Waals surface area contributed by atoms with Gasteiger partial charge in [-0.15, -0.1) is 0 Å². The lowest BCUT2D eigenvalue weighted by atomic mass is 9.97. The van der Waals surface area contributed by atoms with E-state index in [-0.39, 0.29) is 28.7 Å². The highest BCUT2D eigenvalue weighted by molar-refractivity contribution is 7.89. The number of sulfonamides is 1. The summed E-state index contributed by atoms with van der Waals surface area (Å²) in [6, 6.07) is 2.41. The van der Waals surface area contributed by atoms with Gasteiger partial charge in [-0.25, -0.2) is 13.2 Å². The van der Waals surface area contributed by atoms with Crippen molar-refractivity contribution in [3.05, 3.63) is 24.5 Å². The van der Waals surface area contributed by atoms with Gasteiger partial charge in [0.15, 0.2) is 0 Å². The first-order valence-corrected chi connectivity index (χ1v) is 13.0. The third kappa shape index (κ3) is 5.84. The monoisotopic (exact) mass is 480 g/mol. The summed E-state index contributed by atoms with van der Waals surface area (Å²) in [5, 5.41) is 3.12. The minimum atomic E-state index is -3.61. The molecule has 2 amide bonds. The first-order chi connectivity index (χ1) is 15.4. The quantitative estimate of drug-likeness (QED) is 0.643. The minimum absolute atomic E-state index is 0.0505. The van der Waals surface area contributed by atoms with Gasteiger partial charge in [-0.3, -0.25) is 14.7 Å².